The Morgan fingerprint density at radius 3 is 2.90 bits per heavy atom. The highest BCUT2D eigenvalue weighted by atomic mass is 16.5. The number of aromatic nitrogens is 3. The smallest absolute Gasteiger partial charge is 0.335 e. The zero-order valence-electron chi connectivity index (χ0n) is 5.74. The molecule has 10 heavy (non-hydrogen) atoms. The van der Waals surface area contributed by atoms with Crippen molar-refractivity contribution < 1.29 is 4.74 Å². The number of aryl methyl sites for hydroxylation is 1. The van der Waals surface area contributed by atoms with Gasteiger partial charge in [-0.2, -0.15) is 4.98 Å². The summed E-state index contributed by atoms with van der Waals surface area (Å²) in [6.07, 6.45) is 1.32. The van der Waals surface area contributed by atoms with E-state index in [9.17, 15) is 4.79 Å². The van der Waals surface area contributed by atoms with Gasteiger partial charge in [0.1, 0.15) is 6.33 Å². The maximum atomic E-state index is 10.7. The number of nitrogens with zero attached hydrogens (tertiary/aromatic N) is 3. The molecule has 0 aromatic carbocycles. The molecule has 0 aliphatic heterocycles. The zero-order chi connectivity index (χ0) is 7.56. The van der Waals surface area contributed by atoms with Gasteiger partial charge in [0.05, 0.1) is 7.11 Å². The maximum absolute atomic E-state index is 10.7. The predicted molar refractivity (Wildman–Crippen MR) is 33.8 cm³/mol. The van der Waals surface area contributed by atoms with Crippen molar-refractivity contribution in [1.82, 2.24) is 14.8 Å². The normalized spacial score (nSPS) is 9.40. The Labute approximate surface area is 57.3 Å². The molecule has 0 saturated heterocycles. The van der Waals surface area contributed by atoms with Gasteiger partial charge >= 0.3 is 5.56 Å². The first-order valence-electron chi connectivity index (χ1n) is 2.68. The number of rotatable bonds is 1. The molecule has 0 saturated carbocycles. The van der Waals surface area contributed by atoms with E-state index in [4.69, 9.17) is 0 Å². The standard InChI is InChI=1S/C5H7N3O2/c1-8-3-6-4(9)5(7-8)10-2/h3H,1-2H3. The van der Waals surface area contributed by atoms with Crippen LogP contribution >= 0.6 is 0 Å². The fourth-order valence-corrected chi connectivity index (χ4v) is 0.531. The third-order valence-electron chi connectivity index (χ3n) is 0.967. The van der Waals surface area contributed by atoms with Crippen molar-refractivity contribution in [3.8, 4) is 5.88 Å². The van der Waals surface area contributed by atoms with Crippen LogP contribution in [0.25, 0.3) is 0 Å². The molecule has 0 radical (unpaired) electrons. The Morgan fingerprint density at radius 2 is 2.40 bits per heavy atom. The van der Waals surface area contributed by atoms with Crippen molar-refractivity contribution in [2.45, 2.75) is 0 Å². The van der Waals surface area contributed by atoms with E-state index in [0.29, 0.717) is 0 Å². The number of hydrogen-bond acceptors (Lipinski definition) is 4. The van der Waals surface area contributed by atoms with Gasteiger partial charge in [0.2, 0.25) is 0 Å². The van der Waals surface area contributed by atoms with Crippen LogP contribution in [0.4, 0.5) is 0 Å². The van der Waals surface area contributed by atoms with Crippen LogP contribution in [-0.2, 0) is 7.05 Å². The molecule has 1 aromatic rings. The largest absolute Gasteiger partial charge is 0.476 e. The molecule has 54 valence electrons. The summed E-state index contributed by atoms with van der Waals surface area (Å²) in [6, 6.07) is 0. The van der Waals surface area contributed by atoms with Gasteiger partial charge in [-0.25, -0.2) is 0 Å². The van der Waals surface area contributed by atoms with E-state index in [2.05, 4.69) is 14.8 Å². The third-order valence-corrected chi connectivity index (χ3v) is 0.967. The monoisotopic (exact) mass is 141 g/mol. The lowest BCUT2D eigenvalue weighted by Crippen LogP contribution is -2.15. The zero-order valence-corrected chi connectivity index (χ0v) is 5.74. The molecular weight excluding hydrogens is 134 g/mol. The molecular formula is C5H7N3O2. The van der Waals surface area contributed by atoms with Crippen LogP contribution < -0.4 is 10.3 Å². The van der Waals surface area contributed by atoms with Gasteiger partial charge in [0.25, 0.3) is 5.88 Å². The van der Waals surface area contributed by atoms with E-state index in [1.54, 1.807) is 7.05 Å². The highest BCUT2D eigenvalue weighted by Crippen LogP contribution is 1.88. The SMILES string of the molecule is COc1nn(C)cnc1=O. The highest BCUT2D eigenvalue weighted by molar-refractivity contribution is 4.98. The molecule has 0 aliphatic carbocycles. The van der Waals surface area contributed by atoms with Gasteiger partial charge in [-0.05, 0) is 0 Å². The van der Waals surface area contributed by atoms with Gasteiger partial charge in [-0.1, -0.05) is 0 Å². The van der Waals surface area contributed by atoms with Crippen molar-refractivity contribution in [3.05, 3.63) is 16.7 Å². The lowest BCUT2D eigenvalue weighted by atomic mass is 10.8. The van der Waals surface area contributed by atoms with E-state index in [1.807, 2.05) is 0 Å². The highest BCUT2D eigenvalue weighted by Gasteiger charge is 1.98. The predicted octanol–water partition coefficient (Wildman–Crippen LogP) is -0.816. The molecule has 5 heteroatoms. The Bertz CT molecular complexity index is 280. The Balaban J connectivity index is 3.22. The van der Waals surface area contributed by atoms with E-state index < -0.39 is 5.56 Å². The van der Waals surface area contributed by atoms with Gasteiger partial charge in [-0.3, -0.25) is 9.48 Å². The molecule has 1 rings (SSSR count). The second-order valence-electron chi connectivity index (χ2n) is 1.73. The molecule has 0 amide bonds. The minimum Gasteiger partial charge on any atom is -0.476 e. The van der Waals surface area contributed by atoms with Gasteiger partial charge in [0.15, 0.2) is 0 Å². The second kappa shape index (κ2) is 2.47. The molecule has 0 aliphatic rings. The summed E-state index contributed by atoms with van der Waals surface area (Å²) in [5.74, 6) is 0.0185. The van der Waals surface area contributed by atoms with Crippen molar-refractivity contribution in [2.75, 3.05) is 7.11 Å². The van der Waals surface area contributed by atoms with Crippen molar-refractivity contribution in [2.24, 2.45) is 7.05 Å². The molecule has 0 fully saturated rings. The molecule has 1 heterocycles. The molecule has 1 aromatic heterocycles. The Kier molecular flexibility index (Phi) is 1.66. The molecule has 0 spiro atoms. The van der Waals surface area contributed by atoms with Gasteiger partial charge in [0, 0.05) is 7.05 Å². The fourth-order valence-electron chi connectivity index (χ4n) is 0.531. The molecule has 5 nitrogen and oxygen atoms in total. The van der Waals surface area contributed by atoms with Crippen LogP contribution in [0.1, 0.15) is 0 Å². The average molecular weight is 141 g/mol. The lowest BCUT2D eigenvalue weighted by molar-refractivity contribution is 0.374. The van der Waals surface area contributed by atoms with Crippen molar-refractivity contribution in [1.29, 1.82) is 0 Å². The summed E-state index contributed by atoms with van der Waals surface area (Å²) < 4.78 is 6.02. The summed E-state index contributed by atoms with van der Waals surface area (Å²) >= 11 is 0. The van der Waals surface area contributed by atoms with E-state index in [1.165, 1.54) is 18.1 Å². The summed E-state index contributed by atoms with van der Waals surface area (Å²) in [5.41, 5.74) is -0.444. The average Bonchev–Trinajstić information content (AvgIpc) is 1.94. The lowest BCUT2D eigenvalue weighted by Gasteiger charge is -1.97. The molecule has 0 N–H and O–H groups in total. The number of methoxy groups -OCH3 is 1. The minimum absolute atomic E-state index is 0.0185. The van der Waals surface area contributed by atoms with Crippen LogP contribution in [0, 0.1) is 0 Å². The van der Waals surface area contributed by atoms with Gasteiger partial charge < -0.3 is 4.74 Å². The Morgan fingerprint density at radius 1 is 1.70 bits per heavy atom. The minimum atomic E-state index is -0.444. The number of ether oxygens (including phenoxy) is 1. The van der Waals surface area contributed by atoms with Crippen LogP contribution in [0.5, 0.6) is 5.88 Å². The first-order chi connectivity index (χ1) is 4.74. The van der Waals surface area contributed by atoms with Crippen LogP contribution in [0.15, 0.2) is 11.1 Å². The second-order valence-corrected chi connectivity index (χ2v) is 1.73. The molecule has 0 atom stereocenters. The summed E-state index contributed by atoms with van der Waals surface area (Å²) in [5, 5.41) is 3.71. The van der Waals surface area contributed by atoms with Crippen LogP contribution in [0.3, 0.4) is 0 Å². The van der Waals surface area contributed by atoms with E-state index >= 15 is 0 Å². The van der Waals surface area contributed by atoms with Crippen LogP contribution in [-0.4, -0.2) is 21.9 Å². The summed E-state index contributed by atoms with van der Waals surface area (Å²) in [4.78, 5) is 14.2. The molecule has 0 unspecified atom stereocenters. The first kappa shape index (κ1) is 6.73. The number of hydrogen-bond donors (Lipinski definition) is 0. The fraction of sp³-hybridized carbons (Fsp3) is 0.400. The third kappa shape index (κ3) is 1.12. The summed E-state index contributed by atoms with van der Waals surface area (Å²) in [7, 11) is 3.04. The van der Waals surface area contributed by atoms with E-state index in [-0.39, 0.29) is 5.88 Å². The van der Waals surface area contributed by atoms with E-state index in [0.717, 1.165) is 0 Å². The van der Waals surface area contributed by atoms with Gasteiger partial charge in [-0.15, -0.1) is 5.10 Å². The summed E-state index contributed by atoms with van der Waals surface area (Å²) in [6.45, 7) is 0. The Hall–Kier alpha value is -1.39. The molecule has 0 bridgehead atoms. The first-order valence-corrected chi connectivity index (χ1v) is 2.68. The van der Waals surface area contributed by atoms with Crippen molar-refractivity contribution in [3.63, 3.8) is 0 Å². The van der Waals surface area contributed by atoms with Crippen LogP contribution in [0.2, 0.25) is 0 Å². The maximum Gasteiger partial charge on any atom is 0.335 e. The topological polar surface area (TPSA) is 57.0 Å². The quantitative estimate of drug-likeness (QED) is 0.513. The van der Waals surface area contributed by atoms with Crippen molar-refractivity contribution >= 4 is 0 Å².